The Morgan fingerprint density at radius 2 is 1.68 bits per heavy atom. The van der Waals surface area contributed by atoms with Gasteiger partial charge in [0.25, 0.3) is 0 Å². The van der Waals surface area contributed by atoms with E-state index < -0.39 is 0 Å². The maximum absolute atomic E-state index is 4.33. The molecule has 0 nitrogen and oxygen atoms in total. The van der Waals surface area contributed by atoms with Crippen LogP contribution in [0.5, 0.6) is 0 Å². The Morgan fingerprint density at radius 3 is 2.42 bits per heavy atom. The first-order valence-electron chi connectivity index (χ1n) is 7.84. The summed E-state index contributed by atoms with van der Waals surface area (Å²) in [6, 6.07) is 0. The van der Waals surface area contributed by atoms with Crippen LogP contribution >= 0.6 is 23.5 Å². The molecule has 0 saturated heterocycles. The molecule has 0 spiro atoms. The molecule has 0 radical (unpaired) electrons. The van der Waals surface area contributed by atoms with Gasteiger partial charge in [0.2, 0.25) is 0 Å². The minimum atomic E-state index is 1.21. The minimum Gasteiger partial charge on any atom is -0.165 e. The van der Waals surface area contributed by atoms with Gasteiger partial charge in [-0.2, -0.15) is 11.8 Å². The lowest BCUT2D eigenvalue weighted by Crippen LogP contribution is -1.92. The second-order valence-corrected chi connectivity index (χ2v) is 7.50. The van der Waals surface area contributed by atoms with Gasteiger partial charge in [0.15, 0.2) is 0 Å². The molecule has 0 fully saturated rings. The smallest absolute Gasteiger partial charge is 0.00581 e. The Kier molecular flexibility index (Phi) is 10.8. The van der Waals surface area contributed by atoms with Crippen LogP contribution in [0.4, 0.5) is 0 Å². The van der Waals surface area contributed by atoms with E-state index in [2.05, 4.69) is 18.9 Å². The quantitative estimate of drug-likeness (QED) is 0.536. The highest BCUT2D eigenvalue weighted by molar-refractivity contribution is 8.03. The third-order valence-electron chi connectivity index (χ3n) is 3.61. The van der Waals surface area contributed by atoms with Crippen LogP contribution in [0.3, 0.4) is 0 Å². The predicted molar refractivity (Wildman–Crippen MR) is 94.2 cm³/mol. The van der Waals surface area contributed by atoms with E-state index in [4.69, 9.17) is 0 Å². The monoisotopic (exact) mass is 298 g/mol. The van der Waals surface area contributed by atoms with Crippen LogP contribution in [0.15, 0.2) is 23.1 Å². The number of hydrogen-bond donors (Lipinski definition) is 0. The van der Waals surface area contributed by atoms with Crippen LogP contribution in [-0.4, -0.2) is 17.8 Å². The first kappa shape index (κ1) is 17.2. The van der Waals surface area contributed by atoms with E-state index in [0.717, 1.165) is 0 Å². The van der Waals surface area contributed by atoms with Crippen molar-refractivity contribution in [2.45, 2.75) is 64.2 Å². The number of allylic oxidation sites excluding steroid dienone is 2. The average Bonchev–Trinajstić information content (AvgIpc) is 2.41. The summed E-state index contributed by atoms with van der Waals surface area (Å²) in [5.41, 5.74) is 1.40. The molecule has 1 aliphatic carbocycles. The molecule has 0 aromatic rings. The lowest BCUT2D eigenvalue weighted by molar-refractivity contribution is 0.579. The van der Waals surface area contributed by atoms with Gasteiger partial charge in [0.05, 0.1) is 0 Å². The fraction of sp³-hybridized carbons (Fsp3) is 0.765. The summed E-state index contributed by atoms with van der Waals surface area (Å²) in [6.45, 7) is 4.33. The average molecular weight is 299 g/mol. The Labute approximate surface area is 128 Å². The third-order valence-corrected chi connectivity index (χ3v) is 5.57. The van der Waals surface area contributed by atoms with E-state index in [1.165, 1.54) is 86.2 Å². The fourth-order valence-corrected chi connectivity index (χ4v) is 4.08. The molecular weight excluding hydrogens is 268 g/mol. The molecule has 0 aromatic carbocycles. The van der Waals surface area contributed by atoms with Crippen molar-refractivity contribution in [1.82, 2.24) is 0 Å². The topological polar surface area (TPSA) is 0 Å². The summed E-state index contributed by atoms with van der Waals surface area (Å²) < 4.78 is 0. The van der Waals surface area contributed by atoms with Crippen LogP contribution in [-0.2, 0) is 0 Å². The first-order valence-corrected chi connectivity index (χ1v) is 10.2. The highest BCUT2D eigenvalue weighted by Gasteiger charge is 2.05. The number of thioether (sulfide) groups is 2. The van der Waals surface area contributed by atoms with Gasteiger partial charge in [-0.3, -0.25) is 0 Å². The molecular formula is C17H30S2. The van der Waals surface area contributed by atoms with Gasteiger partial charge in [0, 0.05) is 4.91 Å². The van der Waals surface area contributed by atoms with Crippen molar-refractivity contribution in [3.63, 3.8) is 0 Å². The van der Waals surface area contributed by atoms with E-state index in [9.17, 15) is 0 Å². The van der Waals surface area contributed by atoms with Crippen LogP contribution in [0.2, 0.25) is 0 Å². The van der Waals surface area contributed by atoms with Crippen LogP contribution in [0.1, 0.15) is 64.2 Å². The van der Waals surface area contributed by atoms with Crippen LogP contribution in [0.25, 0.3) is 0 Å². The molecule has 0 aromatic heterocycles. The van der Waals surface area contributed by atoms with Gasteiger partial charge in [-0.15, -0.1) is 11.8 Å². The van der Waals surface area contributed by atoms with Crippen molar-refractivity contribution in [3.05, 3.63) is 23.1 Å². The third kappa shape index (κ3) is 8.86. The van der Waals surface area contributed by atoms with Gasteiger partial charge in [-0.05, 0) is 55.4 Å². The number of rotatable bonds is 5. The SMILES string of the molecule is C=C1CCCCCCCCCC=C1SCCCSC. The molecule has 19 heavy (non-hydrogen) atoms. The van der Waals surface area contributed by atoms with E-state index in [-0.39, 0.29) is 0 Å². The molecule has 1 rings (SSSR count). The molecule has 0 unspecified atom stereocenters. The summed E-state index contributed by atoms with van der Waals surface area (Å²) >= 11 is 4.00. The summed E-state index contributed by atoms with van der Waals surface area (Å²) in [6.07, 6.45) is 18.2. The molecule has 110 valence electrons. The summed E-state index contributed by atoms with van der Waals surface area (Å²) in [5.74, 6) is 2.54. The Bertz CT molecular complexity index is 268. The van der Waals surface area contributed by atoms with Gasteiger partial charge in [-0.1, -0.05) is 44.8 Å². The van der Waals surface area contributed by atoms with Gasteiger partial charge in [0.1, 0.15) is 0 Å². The molecule has 0 amide bonds. The highest BCUT2D eigenvalue weighted by Crippen LogP contribution is 2.29. The van der Waals surface area contributed by atoms with Gasteiger partial charge >= 0.3 is 0 Å². The highest BCUT2D eigenvalue weighted by atomic mass is 32.2. The van der Waals surface area contributed by atoms with E-state index >= 15 is 0 Å². The van der Waals surface area contributed by atoms with E-state index in [0.29, 0.717) is 0 Å². The fourth-order valence-electron chi connectivity index (χ4n) is 2.41. The maximum atomic E-state index is 4.33. The zero-order chi connectivity index (χ0) is 13.8. The summed E-state index contributed by atoms with van der Waals surface area (Å²) in [7, 11) is 0. The lowest BCUT2D eigenvalue weighted by atomic mass is 10.0. The molecule has 0 atom stereocenters. The summed E-state index contributed by atoms with van der Waals surface area (Å²) in [5, 5.41) is 0. The molecule has 0 N–H and O–H groups in total. The standard InChI is InChI=1S/C17H30S2/c1-16-12-9-7-5-3-4-6-8-10-13-17(16)19-15-11-14-18-2/h13H,1,3-12,14-15H2,2H3. The molecule has 1 aliphatic rings. The predicted octanol–water partition coefficient (Wildman–Crippen LogP) is 6.44. The zero-order valence-electron chi connectivity index (χ0n) is 12.6. The lowest BCUT2D eigenvalue weighted by Gasteiger charge is -2.12. The van der Waals surface area contributed by atoms with Crippen molar-refractivity contribution in [1.29, 1.82) is 0 Å². The largest absolute Gasteiger partial charge is 0.165 e. The Balaban J connectivity index is 2.42. The normalized spacial score (nSPS) is 19.4. The van der Waals surface area contributed by atoms with Crippen LogP contribution in [0, 0.1) is 0 Å². The van der Waals surface area contributed by atoms with Crippen molar-refractivity contribution < 1.29 is 0 Å². The second kappa shape index (κ2) is 12.0. The van der Waals surface area contributed by atoms with E-state index in [1.807, 2.05) is 23.5 Å². The van der Waals surface area contributed by atoms with Crippen molar-refractivity contribution in [2.75, 3.05) is 17.8 Å². The van der Waals surface area contributed by atoms with Gasteiger partial charge in [-0.25, -0.2) is 0 Å². The molecule has 0 aliphatic heterocycles. The zero-order valence-corrected chi connectivity index (χ0v) is 14.2. The van der Waals surface area contributed by atoms with Crippen LogP contribution < -0.4 is 0 Å². The number of hydrogen-bond acceptors (Lipinski definition) is 2. The summed E-state index contributed by atoms with van der Waals surface area (Å²) in [4.78, 5) is 1.50. The maximum Gasteiger partial charge on any atom is 0.00581 e. The Hall–Kier alpha value is 0.180. The minimum absolute atomic E-state index is 1.21. The molecule has 2 heteroatoms. The molecule has 0 bridgehead atoms. The van der Waals surface area contributed by atoms with Crippen molar-refractivity contribution in [2.24, 2.45) is 0 Å². The van der Waals surface area contributed by atoms with Crippen molar-refractivity contribution in [3.8, 4) is 0 Å². The van der Waals surface area contributed by atoms with E-state index in [1.54, 1.807) is 0 Å². The second-order valence-electron chi connectivity index (χ2n) is 5.38. The Morgan fingerprint density at radius 1 is 1.00 bits per heavy atom. The molecule has 0 heterocycles. The van der Waals surface area contributed by atoms with Gasteiger partial charge < -0.3 is 0 Å². The first-order chi connectivity index (χ1) is 9.34. The van der Waals surface area contributed by atoms with Crippen molar-refractivity contribution >= 4 is 23.5 Å². The molecule has 0 saturated carbocycles.